The number of carbonyl (C=O) groups excluding carboxylic acids is 2. The van der Waals surface area contributed by atoms with Gasteiger partial charge in [0.15, 0.2) is 0 Å². The van der Waals surface area contributed by atoms with Gasteiger partial charge in [-0.1, -0.05) is 24.3 Å². The molecule has 3 rings (SSSR count). The van der Waals surface area contributed by atoms with Gasteiger partial charge in [-0.2, -0.15) is 0 Å². The Bertz CT molecular complexity index is 608. The molecule has 0 spiro atoms. The number of hydrogen-bond acceptors (Lipinski definition) is 3. The van der Waals surface area contributed by atoms with Gasteiger partial charge in [0.2, 0.25) is 11.8 Å². The van der Waals surface area contributed by atoms with Crippen LogP contribution in [0.3, 0.4) is 0 Å². The number of nitrogens with zero attached hydrogens (tertiary/aromatic N) is 1. The second-order valence-electron chi connectivity index (χ2n) is 6.85. The Kier molecular flexibility index (Phi) is 7.26. The fourth-order valence-corrected chi connectivity index (χ4v) is 3.96. The fourth-order valence-electron chi connectivity index (χ4n) is 3.96. The van der Waals surface area contributed by atoms with Crippen molar-refractivity contribution in [1.29, 1.82) is 0 Å². The van der Waals surface area contributed by atoms with Gasteiger partial charge in [0.05, 0.1) is 11.8 Å². The molecule has 1 saturated heterocycles. The van der Waals surface area contributed by atoms with Gasteiger partial charge in [-0.15, -0.1) is 12.4 Å². The molecule has 6 heteroatoms. The van der Waals surface area contributed by atoms with Crippen LogP contribution in [0.2, 0.25) is 0 Å². The summed E-state index contributed by atoms with van der Waals surface area (Å²) in [6, 6.07) is 8.29. The number of benzene rings is 1. The first-order valence-corrected chi connectivity index (χ1v) is 9.05. The van der Waals surface area contributed by atoms with Crippen LogP contribution in [0.5, 0.6) is 0 Å². The SMILES string of the molecule is Cl.NCCNC(=O)C1CCCN(C(=O)C2CCCc3ccccc32)C1. The van der Waals surface area contributed by atoms with Crippen molar-refractivity contribution in [2.45, 2.75) is 38.0 Å². The van der Waals surface area contributed by atoms with Crippen LogP contribution in [0.15, 0.2) is 24.3 Å². The third-order valence-corrected chi connectivity index (χ3v) is 5.21. The first-order chi connectivity index (χ1) is 11.7. The maximum Gasteiger partial charge on any atom is 0.230 e. The molecule has 0 aromatic heterocycles. The van der Waals surface area contributed by atoms with Crippen LogP contribution >= 0.6 is 12.4 Å². The Balaban J connectivity index is 0.00000225. The quantitative estimate of drug-likeness (QED) is 0.854. The minimum absolute atomic E-state index is 0. The molecule has 1 fully saturated rings. The van der Waals surface area contributed by atoms with Gasteiger partial charge in [0.25, 0.3) is 0 Å². The highest BCUT2D eigenvalue weighted by atomic mass is 35.5. The summed E-state index contributed by atoms with van der Waals surface area (Å²) in [5.41, 5.74) is 7.93. The summed E-state index contributed by atoms with van der Waals surface area (Å²) in [7, 11) is 0. The Morgan fingerprint density at radius 2 is 2.00 bits per heavy atom. The Morgan fingerprint density at radius 3 is 2.80 bits per heavy atom. The first kappa shape index (κ1) is 19.7. The molecule has 2 unspecified atom stereocenters. The fraction of sp³-hybridized carbons (Fsp3) is 0.579. The second kappa shape index (κ2) is 9.20. The third-order valence-electron chi connectivity index (χ3n) is 5.21. The molecule has 1 heterocycles. The van der Waals surface area contributed by atoms with E-state index in [1.54, 1.807) is 0 Å². The highest BCUT2D eigenvalue weighted by molar-refractivity contribution is 5.86. The molecule has 3 N–H and O–H groups in total. The third kappa shape index (κ3) is 4.53. The summed E-state index contributed by atoms with van der Waals surface area (Å²) in [6.45, 7) is 2.24. The largest absolute Gasteiger partial charge is 0.355 e. The van der Waals surface area contributed by atoms with Gasteiger partial charge >= 0.3 is 0 Å². The zero-order chi connectivity index (χ0) is 16.9. The average molecular weight is 366 g/mol. The zero-order valence-electron chi connectivity index (χ0n) is 14.6. The molecule has 2 amide bonds. The van der Waals surface area contributed by atoms with E-state index in [1.165, 1.54) is 11.1 Å². The molecule has 2 atom stereocenters. The van der Waals surface area contributed by atoms with E-state index >= 15 is 0 Å². The lowest BCUT2D eigenvalue weighted by Gasteiger charge is -2.36. The molecule has 0 bridgehead atoms. The average Bonchev–Trinajstić information content (AvgIpc) is 2.65. The zero-order valence-corrected chi connectivity index (χ0v) is 15.4. The number of carbonyl (C=O) groups is 2. The van der Waals surface area contributed by atoms with Crippen molar-refractivity contribution in [3.63, 3.8) is 0 Å². The summed E-state index contributed by atoms with van der Waals surface area (Å²) in [5, 5.41) is 2.85. The maximum absolute atomic E-state index is 13.1. The molecule has 1 aliphatic carbocycles. The van der Waals surface area contributed by atoms with Crippen molar-refractivity contribution >= 4 is 24.2 Å². The van der Waals surface area contributed by atoms with Crippen LogP contribution in [-0.2, 0) is 16.0 Å². The Hall–Kier alpha value is -1.59. The van der Waals surface area contributed by atoms with E-state index in [0.717, 1.165) is 38.6 Å². The van der Waals surface area contributed by atoms with Crippen molar-refractivity contribution in [1.82, 2.24) is 10.2 Å². The van der Waals surface area contributed by atoms with Gasteiger partial charge in [-0.25, -0.2) is 0 Å². The number of nitrogens with two attached hydrogens (primary N) is 1. The summed E-state index contributed by atoms with van der Waals surface area (Å²) in [5.74, 6) is 0.0781. The number of likely N-dealkylation sites (tertiary alicyclic amines) is 1. The molecular formula is C19H28ClN3O2. The predicted molar refractivity (Wildman–Crippen MR) is 101 cm³/mol. The number of fused-ring (bicyclic) bond motifs is 1. The Labute approximate surface area is 155 Å². The normalized spacial score (nSPS) is 22.5. The van der Waals surface area contributed by atoms with E-state index in [0.29, 0.717) is 19.6 Å². The maximum atomic E-state index is 13.1. The van der Waals surface area contributed by atoms with Gasteiger partial charge in [-0.3, -0.25) is 9.59 Å². The number of rotatable bonds is 4. The van der Waals surface area contributed by atoms with Crippen LogP contribution in [0.1, 0.15) is 42.7 Å². The number of halogens is 1. The van der Waals surface area contributed by atoms with Crippen LogP contribution in [0.25, 0.3) is 0 Å². The first-order valence-electron chi connectivity index (χ1n) is 9.05. The molecule has 5 nitrogen and oxygen atoms in total. The lowest BCUT2D eigenvalue weighted by Crippen LogP contribution is -2.47. The lowest BCUT2D eigenvalue weighted by atomic mass is 9.81. The highest BCUT2D eigenvalue weighted by Gasteiger charge is 2.34. The summed E-state index contributed by atoms with van der Waals surface area (Å²) >= 11 is 0. The smallest absolute Gasteiger partial charge is 0.230 e. The van der Waals surface area contributed by atoms with Gasteiger partial charge in [-0.05, 0) is 43.2 Å². The molecule has 138 valence electrons. The minimum Gasteiger partial charge on any atom is -0.355 e. The molecule has 1 aliphatic heterocycles. The van der Waals surface area contributed by atoms with Crippen molar-refractivity contribution in [3.8, 4) is 0 Å². The van der Waals surface area contributed by atoms with E-state index in [1.807, 2.05) is 17.0 Å². The molecule has 0 saturated carbocycles. The number of hydrogen-bond donors (Lipinski definition) is 2. The molecule has 25 heavy (non-hydrogen) atoms. The monoisotopic (exact) mass is 365 g/mol. The summed E-state index contributed by atoms with van der Waals surface area (Å²) in [6.07, 6.45) is 4.77. The van der Waals surface area contributed by atoms with Gasteiger partial charge in [0.1, 0.15) is 0 Å². The van der Waals surface area contributed by atoms with Crippen molar-refractivity contribution < 1.29 is 9.59 Å². The summed E-state index contributed by atoms with van der Waals surface area (Å²) < 4.78 is 0. The number of aryl methyl sites for hydroxylation is 1. The van der Waals surface area contributed by atoms with Crippen LogP contribution in [0, 0.1) is 5.92 Å². The van der Waals surface area contributed by atoms with Gasteiger partial charge in [0, 0.05) is 26.2 Å². The topological polar surface area (TPSA) is 75.4 Å². The van der Waals surface area contributed by atoms with E-state index in [-0.39, 0.29) is 36.1 Å². The van der Waals surface area contributed by atoms with Crippen molar-refractivity contribution in [2.75, 3.05) is 26.2 Å². The van der Waals surface area contributed by atoms with Crippen LogP contribution in [-0.4, -0.2) is 42.9 Å². The van der Waals surface area contributed by atoms with Gasteiger partial charge < -0.3 is 16.0 Å². The van der Waals surface area contributed by atoms with E-state index in [9.17, 15) is 9.59 Å². The molecule has 0 radical (unpaired) electrons. The standard InChI is InChI=1S/C19H27N3O2.ClH/c20-10-11-21-18(23)15-7-4-12-22(13-15)19(24)17-9-3-6-14-5-1-2-8-16(14)17;/h1-2,5,8,15,17H,3-4,6-7,9-13,20H2,(H,21,23);1H. The van der Waals surface area contributed by atoms with E-state index in [2.05, 4.69) is 17.4 Å². The molecular weight excluding hydrogens is 338 g/mol. The Morgan fingerprint density at radius 1 is 1.20 bits per heavy atom. The van der Waals surface area contributed by atoms with E-state index < -0.39 is 0 Å². The van der Waals surface area contributed by atoms with Crippen LogP contribution in [0.4, 0.5) is 0 Å². The number of nitrogens with one attached hydrogen (secondary N) is 1. The molecule has 2 aliphatic rings. The van der Waals surface area contributed by atoms with Crippen molar-refractivity contribution in [3.05, 3.63) is 35.4 Å². The summed E-state index contributed by atoms with van der Waals surface area (Å²) in [4.78, 5) is 27.2. The lowest BCUT2D eigenvalue weighted by molar-refractivity contribution is -0.137. The molecule has 1 aromatic rings. The van der Waals surface area contributed by atoms with Crippen LogP contribution < -0.4 is 11.1 Å². The number of piperidine rings is 1. The second-order valence-corrected chi connectivity index (χ2v) is 6.85. The molecule has 1 aromatic carbocycles. The van der Waals surface area contributed by atoms with Crippen molar-refractivity contribution in [2.24, 2.45) is 11.7 Å². The number of amides is 2. The highest BCUT2D eigenvalue weighted by Crippen LogP contribution is 2.33. The van der Waals surface area contributed by atoms with E-state index in [4.69, 9.17) is 5.73 Å². The predicted octanol–water partition coefficient (Wildman–Crippen LogP) is 1.84. The minimum atomic E-state index is -0.104.